The molecule has 0 saturated heterocycles. The van der Waals surface area contributed by atoms with Crippen molar-refractivity contribution in [2.45, 2.75) is 33.1 Å². The van der Waals surface area contributed by atoms with E-state index in [0.717, 1.165) is 12.8 Å². The Kier molecular flexibility index (Phi) is 7.07. The standard InChI is InChI=1S/C10H21O4P/c1-5-6-9(2)7-10(11)8-15(12,13-3)14-4/h9H,5-8H2,1-4H3/t9-/m0/s1. The first-order valence-corrected chi connectivity index (χ1v) is 6.92. The summed E-state index contributed by atoms with van der Waals surface area (Å²) < 4.78 is 21.1. The minimum absolute atomic E-state index is 0.0528. The van der Waals surface area contributed by atoms with Gasteiger partial charge in [0.1, 0.15) is 11.9 Å². The summed E-state index contributed by atoms with van der Waals surface area (Å²) in [5.41, 5.74) is 0. The third kappa shape index (κ3) is 6.08. The number of carbonyl (C=O) groups excluding carboxylic acids is 1. The molecule has 0 N–H and O–H groups in total. The average Bonchev–Trinajstić information content (AvgIpc) is 2.17. The normalized spacial score (nSPS) is 13.9. The summed E-state index contributed by atoms with van der Waals surface area (Å²) in [5.74, 6) is 0.285. The summed E-state index contributed by atoms with van der Waals surface area (Å²) in [6.07, 6.45) is 2.40. The Hall–Kier alpha value is -0.180. The number of ketones is 1. The minimum atomic E-state index is -3.16. The van der Waals surface area contributed by atoms with Crippen molar-refractivity contribution in [2.24, 2.45) is 5.92 Å². The van der Waals surface area contributed by atoms with E-state index in [2.05, 4.69) is 6.92 Å². The van der Waals surface area contributed by atoms with E-state index in [0.29, 0.717) is 12.3 Å². The van der Waals surface area contributed by atoms with Gasteiger partial charge in [0.25, 0.3) is 0 Å². The van der Waals surface area contributed by atoms with Crippen molar-refractivity contribution in [1.82, 2.24) is 0 Å². The average molecular weight is 236 g/mol. The van der Waals surface area contributed by atoms with E-state index in [1.807, 2.05) is 6.92 Å². The molecule has 5 heteroatoms. The molecule has 0 aromatic rings. The highest BCUT2D eigenvalue weighted by atomic mass is 31.2. The fourth-order valence-electron chi connectivity index (χ4n) is 1.47. The van der Waals surface area contributed by atoms with Gasteiger partial charge in [0.2, 0.25) is 0 Å². The maximum absolute atomic E-state index is 11.6. The summed E-state index contributed by atoms with van der Waals surface area (Å²) in [6.45, 7) is 4.10. The Morgan fingerprint density at radius 2 is 1.87 bits per heavy atom. The molecule has 0 amide bonds. The van der Waals surface area contributed by atoms with Gasteiger partial charge in [-0.2, -0.15) is 0 Å². The van der Waals surface area contributed by atoms with Gasteiger partial charge in [-0.05, 0) is 5.92 Å². The number of hydrogen-bond donors (Lipinski definition) is 0. The number of hydrogen-bond acceptors (Lipinski definition) is 4. The lowest BCUT2D eigenvalue weighted by molar-refractivity contribution is -0.117. The van der Waals surface area contributed by atoms with E-state index in [-0.39, 0.29) is 11.9 Å². The predicted molar refractivity (Wildman–Crippen MR) is 60.2 cm³/mol. The minimum Gasteiger partial charge on any atom is -0.312 e. The summed E-state index contributed by atoms with van der Waals surface area (Å²) in [5, 5.41) is 0. The molecule has 0 rings (SSSR count). The van der Waals surface area contributed by atoms with Crippen LogP contribution in [-0.2, 0) is 18.4 Å². The predicted octanol–water partition coefficient (Wildman–Crippen LogP) is 2.87. The lowest BCUT2D eigenvalue weighted by atomic mass is 10.0. The third-order valence-corrected chi connectivity index (χ3v) is 4.14. The molecule has 0 radical (unpaired) electrons. The molecule has 0 bridgehead atoms. The zero-order valence-electron chi connectivity index (χ0n) is 9.99. The van der Waals surface area contributed by atoms with Crippen molar-refractivity contribution in [3.05, 3.63) is 0 Å². The Bertz CT molecular complexity index is 232. The Morgan fingerprint density at radius 3 is 2.27 bits per heavy atom. The number of Topliss-reactive ketones (excluding diaryl/α,β-unsaturated/α-hetero) is 1. The molecular formula is C10H21O4P. The Labute approximate surface area is 91.9 Å². The first-order valence-electron chi connectivity index (χ1n) is 5.19. The topological polar surface area (TPSA) is 52.6 Å². The SMILES string of the molecule is CCC[C@H](C)CC(=O)CP(=O)(OC)OC. The maximum atomic E-state index is 11.6. The monoisotopic (exact) mass is 236 g/mol. The highest BCUT2D eigenvalue weighted by Crippen LogP contribution is 2.46. The van der Waals surface area contributed by atoms with Crippen LogP contribution in [0.25, 0.3) is 0 Å². The molecule has 0 aliphatic rings. The van der Waals surface area contributed by atoms with Gasteiger partial charge >= 0.3 is 7.60 Å². The molecule has 0 unspecified atom stereocenters. The van der Waals surface area contributed by atoms with Gasteiger partial charge in [0.05, 0.1) is 0 Å². The third-order valence-electron chi connectivity index (χ3n) is 2.28. The van der Waals surface area contributed by atoms with E-state index in [1.165, 1.54) is 14.2 Å². The van der Waals surface area contributed by atoms with Crippen LogP contribution in [0.15, 0.2) is 0 Å². The largest absolute Gasteiger partial charge is 0.337 e. The molecule has 0 aliphatic heterocycles. The van der Waals surface area contributed by atoms with Crippen LogP contribution in [0.1, 0.15) is 33.1 Å². The summed E-state index contributed by atoms with van der Waals surface area (Å²) in [4.78, 5) is 11.5. The maximum Gasteiger partial charge on any atom is 0.337 e. The Morgan fingerprint density at radius 1 is 1.33 bits per heavy atom. The van der Waals surface area contributed by atoms with Crippen LogP contribution in [0, 0.1) is 5.92 Å². The lowest BCUT2D eigenvalue weighted by Gasteiger charge is -2.14. The molecule has 15 heavy (non-hydrogen) atoms. The summed E-state index contributed by atoms with van der Waals surface area (Å²) in [7, 11) is -0.565. The first-order chi connectivity index (χ1) is 6.97. The fourth-order valence-corrected chi connectivity index (χ4v) is 2.44. The number of carbonyl (C=O) groups is 1. The van der Waals surface area contributed by atoms with E-state index in [1.54, 1.807) is 0 Å². The van der Waals surface area contributed by atoms with Gasteiger partial charge in [0.15, 0.2) is 0 Å². The lowest BCUT2D eigenvalue weighted by Crippen LogP contribution is -2.11. The zero-order valence-corrected chi connectivity index (χ0v) is 10.9. The molecule has 0 saturated carbocycles. The molecule has 0 aromatic heterocycles. The molecule has 4 nitrogen and oxygen atoms in total. The van der Waals surface area contributed by atoms with E-state index >= 15 is 0 Å². The number of rotatable bonds is 8. The van der Waals surface area contributed by atoms with Crippen molar-refractivity contribution in [3.8, 4) is 0 Å². The molecule has 0 aliphatic carbocycles. The van der Waals surface area contributed by atoms with Gasteiger partial charge in [-0.15, -0.1) is 0 Å². The van der Waals surface area contributed by atoms with Gasteiger partial charge in [-0.25, -0.2) is 0 Å². The fraction of sp³-hybridized carbons (Fsp3) is 0.900. The van der Waals surface area contributed by atoms with Crippen molar-refractivity contribution in [2.75, 3.05) is 20.4 Å². The second-order valence-corrected chi connectivity index (χ2v) is 6.04. The van der Waals surface area contributed by atoms with E-state index < -0.39 is 7.60 Å². The quantitative estimate of drug-likeness (QED) is 0.608. The summed E-state index contributed by atoms with van der Waals surface area (Å²) >= 11 is 0. The van der Waals surface area contributed by atoms with Crippen molar-refractivity contribution in [1.29, 1.82) is 0 Å². The van der Waals surface area contributed by atoms with Crippen LogP contribution in [-0.4, -0.2) is 26.2 Å². The highest BCUT2D eigenvalue weighted by molar-refractivity contribution is 7.54. The van der Waals surface area contributed by atoms with Crippen LogP contribution < -0.4 is 0 Å². The molecule has 0 spiro atoms. The van der Waals surface area contributed by atoms with E-state index in [4.69, 9.17) is 9.05 Å². The van der Waals surface area contributed by atoms with Crippen LogP contribution in [0.2, 0.25) is 0 Å². The summed E-state index contributed by atoms with van der Waals surface area (Å²) in [6, 6.07) is 0. The molecule has 1 atom stereocenters. The molecule has 90 valence electrons. The first kappa shape index (κ1) is 14.8. The van der Waals surface area contributed by atoms with Crippen molar-refractivity contribution >= 4 is 13.4 Å². The zero-order chi connectivity index (χ0) is 11.9. The van der Waals surface area contributed by atoms with Gasteiger partial charge < -0.3 is 9.05 Å². The highest BCUT2D eigenvalue weighted by Gasteiger charge is 2.25. The molecular weight excluding hydrogens is 215 g/mol. The van der Waals surface area contributed by atoms with Crippen LogP contribution in [0.3, 0.4) is 0 Å². The van der Waals surface area contributed by atoms with Gasteiger partial charge in [-0.1, -0.05) is 26.7 Å². The van der Waals surface area contributed by atoms with Crippen molar-refractivity contribution in [3.63, 3.8) is 0 Å². The van der Waals surface area contributed by atoms with Crippen LogP contribution in [0.5, 0.6) is 0 Å². The van der Waals surface area contributed by atoms with Crippen LogP contribution >= 0.6 is 7.60 Å². The molecule has 0 fully saturated rings. The molecule has 0 aromatic carbocycles. The van der Waals surface area contributed by atoms with Crippen molar-refractivity contribution < 1.29 is 18.4 Å². The second kappa shape index (κ2) is 7.15. The van der Waals surface area contributed by atoms with Gasteiger partial charge in [0, 0.05) is 20.6 Å². The second-order valence-electron chi connectivity index (χ2n) is 3.77. The van der Waals surface area contributed by atoms with Crippen LogP contribution in [0.4, 0.5) is 0 Å². The van der Waals surface area contributed by atoms with E-state index in [9.17, 15) is 9.36 Å². The van der Waals surface area contributed by atoms with Gasteiger partial charge in [-0.3, -0.25) is 9.36 Å². The Balaban J connectivity index is 4.08. The smallest absolute Gasteiger partial charge is 0.312 e. The molecule has 0 heterocycles.